The van der Waals surface area contributed by atoms with Gasteiger partial charge in [-0.2, -0.15) is 0 Å². The Kier molecular flexibility index (Phi) is 5.78. The van der Waals surface area contributed by atoms with E-state index in [0.29, 0.717) is 17.7 Å². The number of cyclic esters (lactones) is 1. The van der Waals surface area contributed by atoms with Crippen LogP contribution in [0.4, 0.5) is 10.5 Å². The van der Waals surface area contributed by atoms with E-state index in [1.807, 2.05) is 24.3 Å². The van der Waals surface area contributed by atoms with Crippen LogP contribution in [-0.4, -0.2) is 55.7 Å². The number of hydrogen-bond acceptors (Lipinski definition) is 6. The molecular formula is C22H23N3O5. The molecule has 2 aliphatic rings. The minimum Gasteiger partial charge on any atom is -0.442 e. The summed E-state index contributed by atoms with van der Waals surface area (Å²) in [5.41, 5.74) is 5.29. The summed E-state index contributed by atoms with van der Waals surface area (Å²) < 4.78 is 5.43. The zero-order valence-electron chi connectivity index (χ0n) is 16.7. The highest BCUT2D eigenvalue weighted by molar-refractivity contribution is 6.21. The Morgan fingerprint density at radius 2 is 1.70 bits per heavy atom. The topological polar surface area (TPSA) is 88.2 Å². The minimum atomic E-state index is -0.571. The number of carbonyl (C=O) groups is 3. The van der Waals surface area contributed by atoms with Crippen LogP contribution in [0.1, 0.15) is 32.7 Å². The molecule has 156 valence electrons. The Labute approximate surface area is 174 Å². The molecule has 4 rings (SSSR count). The molecule has 0 radical (unpaired) electrons. The van der Waals surface area contributed by atoms with Gasteiger partial charge in [-0.05, 0) is 42.7 Å². The van der Waals surface area contributed by atoms with Gasteiger partial charge >= 0.3 is 6.09 Å². The van der Waals surface area contributed by atoms with Crippen molar-refractivity contribution >= 4 is 23.6 Å². The van der Waals surface area contributed by atoms with Gasteiger partial charge in [-0.15, -0.1) is 0 Å². The van der Waals surface area contributed by atoms with E-state index in [-0.39, 0.29) is 24.9 Å². The van der Waals surface area contributed by atoms with Crippen LogP contribution in [-0.2, 0) is 16.0 Å². The van der Waals surface area contributed by atoms with Crippen molar-refractivity contribution in [3.63, 3.8) is 0 Å². The summed E-state index contributed by atoms with van der Waals surface area (Å²) in [4.78, 5) is 45.2. The second-order valence-corrected chi connectivity index (χ2v) is 7.21. The standard InChI is InChI=1S/C22H23N3O5/c1-23-29-12-4-5-15-8-10-16(11-9-15)24-13-17(30-22(24)28)14-25-20(26)18-6-2-3-7-19(18)21(25)27/h2-3,6-11,17,23H,4-5,12-14H2,1H3/t17-/m1/s1. The molecule has 2 aromatic rings. The molecule has 0 aliphatic carbocycles. The lowest BCUT2D eigenvalue weighted by molar-refractivity contribution is 0.0557. The summed E-state index contributed by atoms with van der Waals surface area (Å²) in [6.07, 6.45) is 0.702. The lowest BCUT2D eigenvalue weighted by Crippen LogP contribution is -2.38. The number of nitrogens with one attached hydrogen (secondary N) is 1. The molecule has 3 amide bonds. The predicted octanol–water partition coefficient (Wildman–Crippen LogP) is 2.39. The van der Waals surface area contributed by atoms with E-state index in [0.717, 1.165) is 29.0 Å². The maximum absolute atomic E-state index is 12.5. The highest BCUT2D eigenvalue weighted by atomic mass is 16.6. The summed E-state index contributed by atoms with van der Waals surface area (Å²) in [7, 11) is 1.73. The lowest BCUT2D eigenvalue weighted by Gasteiger charge is -2.17. The Bertz CT molecular complexity index is 925. The van der Waals surface area contributed by atoms with E-state index < -0.39 is 12.2 Å². The summed E-state index contributed by atoms with van der Waals surface area (Å²) in [5, 5.41) is 0. The molecule has 0 unspecified atom stereocenters. The number of imide groups is 1. The molecule has 0 saturated carbocycles. The molecular weight excluding hydrogens is 386 g/mol. The third kappa shape index (κ3) is 3.92. The number of carbonyl (C=O) groups excluding carboxylic acids is 3. The minimum absolute atomic E-state index is 0.0398. The number of anilines is 1. The molecule has 8 nitrogen and oxygen atoms in total. The van der Waals surface area contributed by atoms with Gasteiger partial charge in [-0.1, -0.05) is 24.3 Å². The first-order chi connectivity index (χ1) is 14.6. The molecule has 1 atom stereocenters. The first-order valence-electron chi connectivity index (χ1n) is 9.89. The Morgan fingerprint density at radius 3 is 2.33 bits per heavy atom. The van der Waals surface area contributed by atoms with Crippen molar-refractivity contribution < 1.29 is 24.0 Å². The van der Waals surface area contributed by atoms with E-state index in [1.165, 1.54) is 4.90 Å². The number of hydrogen-bond donors (Lipinski definition) is 1. The number of aryl methyl sites for hydroxylation is 1. The first-order valence-corrected chi connectivity index (χ1v) is 9.89. The van der Waals surface area contributed by atoms with Crippen LogP contribution in [0.15, 0.2) is 48.5 Å². The van der Waals surface area contributed by atoms with E-state index in [4.69, 9.17) is 9.57 Å². The Balaban J connectivity index is 1.37. The van der Waals surface area contributed by atoms with Crippen LogP contribution in [0.25, 0.3) is 0 Å². The summed E-state index contributed by atoms with van der Waals surface area (Å²) >= 11 is 0. The molecule has 30 heavy (non-hydrogen) atoms. The second-order valence-electron chi connectivity index (χ2n) is 7.21. The quantitative estimate of drug-likeness (QED) is 0.409. The molecule has 1 N–H and O–H groups in total. The fourth-order valence-corrected chi connectivity index (χ4v) is 3.73. The van der Waals surface area contributed by atoms with Gasteiger partial charge in [0.15, 0.2) is 0 Å². The van der Waals surface area contributed by atoms with E-state index in [1.54, 1.807) is 31.3 Å². The fraction of sp³-hybridized carbons (Fsp3) is 0.318. The molecule has 0 aromatic heterocycles. The van der Waals surface area contributed by atoms with Crippen molar-refractivity contribution in [2.75, 3.05) is 31.6 Å². The molecule has 0 spiro atoms. The maximum Gasteiger partial charge on any atom is 0.414 e. The highest BCUT2D eigenvalue weighted by Gasteiger charge is 2.40. The van der Waals surface area contributed by atoms with Crippen molar-refractivity contribution in [3.05, 3.63) is 65.2 Å². The van der Waals surface area contributed by atoms with Gasteiger partial charge < -0.3 is 9.57 Å². The molecule has 0 bridgehead atoms. The largest absolute Gasteiger partial charge is 0.442 e. The van der Waals surface area contributed by atoms with E-state index >= 15 is 0 Å². The number of benzene rings is 2. The monoisotopic (exact) mass is 409 g/mol. The average molecular weight is 409 g/mol. The van der Waals surface area contributed by atoms with Crippen molar-refractivity contribution in [2.45, 2.75) is 18.9 Å². The molecule has 1 fully saturated rings. The zero-order chi connectivity index (χ0) is 21.1. The van der Waals surface area contributed by atoms with Gasteiger partial charge in [-0.25, -0.2) is 10.3 Å². The predicted molar refractivity (Wildman–Crippen MR) is 109 cm³/mol. The van der Waals surface area contributed by atoms with Crippen molar-refractivity contribution in [1.29, 1.82) is 0 Å². The van der Waals surface area contributed by atoms with Crippen LogP contribution in [0, 0.1) is 0 Å². The molecule has 2 aliphatic heterocycles. The first kappa shape index (κ1) is 20.1. The molecule has 1 saturated heterocycles. The van der Waals surface area contributed by atoms with Crippen molar-refractivity contribution in [3.8, 4) is 0 Å². The highest BCUT2D eigenvalue weighted by Crippen LogP contribution is 2.26. The van der Waals surface area contributed by atoms with Crippen LogP contribution < -0.4 is 10.4 Å². The van der Waals surface area contributed by atoms with E-state index in [2.05, 4.69) is 5.48 Å². The van der Waals surface area contributed by atoms with Gasteiger partial charge in [0.05, 0.1) is 30.8 Å². The van der Waals surface area contributed by atoms with Crippen LogP contribution in [0.2, 0.25) is 0 Å². The van der Waals surface area contributed by atoms with Crippen molar-refractivity contribution in [1.82, 2.24) is 10.4 Å². The van der Waals surface area contributed by atoms with Gasteiger partial charge in [0.1, 0.15) is 6.10 Å². The number of rotatable bonds is 8. The number of hydroxylamine groups is 1. The Hall–Kier alpha value is -3.23. The van der Waals surface area contributed by atoms with Gasteiger partial charge in [0, 0.05) is 12.7 Å². The van der Waals surface area contributed by atoms with Crippen LogP contribution in [0.3, 0.4) is 0 Å². The molecule has 2 heterocycles. The molecule has 2 aromatic carbocycles. The number of ether oxygens (including phenoxy) is 1. The van der Waals surface area contributed by atoms with E-state index in [9.17, 15) is 14.4 Å². The van der Waals surface area contributed by atoms with Gasteiger partial charge in [-0.3, -0.25) is 19.4 Å². The zero-order valence-corrected chi connectivity index (χ0v) is 16.7. The van der Waals surface area contributed by atoms with Crippen LogP contribution in [0.5, 0.6) is 0 Å². The second kappa shape index (κ2) is 8.64. The number of amides is 3. The third-order valence-corrected chi connectivity index (χ3v) is 5.24. The SMILES string of the molecule is CNOCCCc1ccc(N2C[C@H](CN3C(=O)c4ccccc4C3=O)OC2=O)cc1. The summed E-state index contributed by atoms with van der Waals surface area (Å²) in [6, 6.07) is 14.4. The molecule has 8 heteroatoms. The van der Waals surface area contributed by atoms with Gasteiger partial charge in [0.2, 0.25) is 0 Å². The normalized spacial score (nSPS) is 18.2. The van der Waals surface area contributed by atoms with Gasteiger partial charge in [0.25, 0.3) is 11.8 Å². The van der Waals surface area contributed by atoms with Crippen molar-refractivity contribution in [2.24, 2.45) is 0 Å². The number of fused-ring (bicyclic) bond motifs is 1. The smallest absolute Gasteiger partial charge is 0.414 e. The lowest BCUT2D eigenvalue weighted by atomic mass is 10.1. The average Bonchev–Trinajstić information content (AvgIpc) is 3.25. The Morgan fingerprint density at radius 1 is 1.03 bits per heavy atom. The maximum atomic E-state index is 12.5. The fourth-order valence-electron chi connectivity index (χ4n) is 3.73. The van der Waals surface area contributed by atoms with Crippen LogP contribution >= 0.6 is 0 Å². The number of nitrogens with zero attached hydrogens (tertiary/aromatic N) is 2. The summed E-state index contributed by atoms with van der Waals surface area (Å²) in [6.45, 7) is 0.940. The summed E-state index contributed by atoms with van der Waals surface area (Å²) in [5.74, 6) is -0.701. The third-order valence-electron chi connectivity index (χ3n) is 5.24.